The van der Waals surface area contributed by atoms with E-state index in [9.17, 15) is 14.4 Å². The van der Waals surface area contributed by atoms with Gasteiger partial charge < -0.3 is 15.0 Å². The molecular weight excluding hydrogens is 574 g/mol. The summed E-state index contributed by atoms with van der Waals surface area (Å²) in [6, 6.07) is 15.2. The number of hydrogen-bond acceptors (Lipinski definition) is 5. The lowest BCUT2D eigenvalue weighted by atomic mass is 9.69. The maximum Gasteiger partial charge on any atom is 0.275 e. The number of aliphatic imine (C=N–C) groups is 1. The van der Waals surface area contributed by atoms with Gasteiger partial charge >= 0.3 is 0 Å². The molecule has 7 nitrogen and oxygen atoms in total. The highest BCUT2D eigenvalue weighted by atomic mass is 16.5. The van der Waals surface area contributed by atoms with E-state index in [0.29, 0.717) is 30.2 Å². The Morgan fingerprint density at radius 1 is 1.02 bits per heavy atom. The Morgan fingerprint density at radius 3 is 2.24 bits per heavy atom. The SMILES string of the molecule is CC(=O)CCNC(=O)c1ccc([C@@H](CCC(C)(C)C)N2C(=O)C(c3cccc(OC(C)C)c3)=NC23CCC(C(C)(C)C)CC3)cc1. The minimum atomic E-state index is -0.631. The molecule has 1 spiro atoms. The smallest absolute Gasteiger partial charge is 0.275 e. The fourth-order valence-electron chi connectivity index (χ4n) is 6.85. The highest BCUT2D eigenvalue weighted by molar-refractivity contribution is 6.46. The van der Waals surface area contributed by atoms with E-state index < -0.39 is 5.66 Å². The maximum atomic E-state index is 14.7. The highest BCUT2D eigenvalue weighted by Crippen LogP contribution is 2.50. The summed E-state index contributed by atoms with van der Waals surface area (Å²) in [5.74, 6) is 1.08. The van der Waals surface area contributed by atoms with Gasteiger partial charge in [-0.15, -0.1) is 0 Å². The number of amides is 2. The lowest BCUT2D eigenvalue weighted by molar-refractivity contribution is -0.134. The molecule has 0 saturated heterocycles. The van der Waals surface area contributed by atoms with Gasteiger partial charge in [0, 0.05) is 24.1 Å². The molecule has 1 heterocycles. The molecule has 4 rings (SSSR count). The molecule has 0 aromatic heterocycles. The highest BCUT2D eigenvalue weighted by Gasteiger charge is 2.52. The predicted octanol–water partition coefficient (Wildman–Crippen LogP) is 8.31. The summed E-state index contributed by atoms with van der Waals surface area (Å²) >= 11 is 0. The number of Topliss-reactive ketones (excluding diaryl/α,β-unsaturated/α-hetero) is 1. The minimum absolute atomic E-state index is 0.0213. The molecule has 46 heavy (non-hydrogen) atoms. The molecule has 0 radical (unpaired) electrons. The van der Waals surface area contributed by atoms with E-state index >= 15 is 0 Å². The van der Waals surface area contributed by atoms with Gasteiger partial charge in [0.1, 0.15) is 22.9 Å². The Balaban J connectivity index is 1.74. The Kier molecular flexibility index (Phi) is 10.8. The van der Waals surface area contributed by atoms with Gasteiger partial charge in [-0.1, -0.05) is 65.8 Å². The van der Waals surface area contributed by atoms with Gasteiger partial charge in [-0.3, -0.25) is 19.4 Å². The molecule has 0 unspecified atom stereocenters. The first kappa shape index (κ1) is 35.4. The first-order valence-corrected chi connectivity index (χ1v) is 17.1. The van der Waals surface area contributed by atoms with Crippen LogP contribution in [0.15, 0.2) is 53.5 Å². The van der Waals surface area contributed by atoms with Gasteiger partial charge in [-0.2, -0.15) is 0 Å². The van der Waals surface area contributed by atoms with E-state index in [-0.39, 0.29) is 40.6 Å². The van der Waals surface area contributed by atoms with Crippen LogP contribution in [-0.4, -0.2) is 46.5 Å². The largest absolute Gasteiger partial charge is 0.491 e. The monoisotopic (exact) mass is 629 g/mol. The zero-order valence-electron chi connectivity index (χ0n) is 29.5. The third kappa shape index (κ3) is 8.65. The third-order valence-electron chi connectivity index (χ3n) is 9.48. The number of nitrogens with zero attached hydrogens (tertiary/aromatic N) is 2. The summed E-state index contributed by atoms with van der Waals surface area (Å²) in [5.41, 5.74) is 2.46. The van der Waals surface area contributed by atoms with Crippen molar-refractivity contribution in [3.05, 3.63) is 65.2 Å². The summed E-state index contributed by atoms with van der Waals surface area (Å²) < 4.78 is 6.00. The molecule has 1 fully saturated rings. The Bertz CT molecular complexity index is 1420. The van der Waals surface area contributed by atoms with Crippen LogP contribution in [0.5, 0.6) is 5.75 Å². The van der Waals surface area contributed by atoms with Crippen molar-refractivity contribution in [1.29, 1.82) is 0 Å². The second kappa shape index (κ2) is 14.1. The Morgan fingerprint density at radius 2 is 1.67 bits per heavy atom. The van der Waals surface area contributed by atoms with Crippen LogP contribution in [0, 0.1) is 16.7 Å². The van der Waals surface area contributed by atoms with Crippen molar-refractivity contribution in [3.8, 4) is 5.75 Å². The first-order valence-electron chi connectivity index (χ1n) is 17.1. The quantitative estimate of drug-likeness (QED) is 0.271. The van der Waals surface area contributed by atoms with Crippen molar-refractivity contribution in [1.82, 2.24) is 10.2 Å². The second-order valence-corrected chi connectivity index (χ2v) is 15.9. The fraction of sp³-hybridized carbons (Fsp3) is 0.590. The zero-order valence-corrected chi connectivity index (χ0v) is 29.5. The number of benzene rings is 2. The summed E-state index contributed by atoms with van der Waals surface area (Å²) in [6.07, 6.45) is 5.67. The molecule has 0 bridgehead atoms. The van der Waals surface area contributed by atoms with E-state index in [0.717, 1.165) is 55.4 Å². The summed E-state index contributed by atoms with van der Waals surface area (Å²) in [4.78, 5) is 46.4. The van der Waals surface area contributed by atoms with Gasteiger partial charge in [0.15, 0.2) is 0 Å². The summed E-state index contributed by atoms with van der Waals surface area (Å²) in [7, 11) is 0. The molecule has 2 aromatic carbocycles. The van der Waals surface area contributed by atoms with Crippen molar-refractivity contribution in [2.45, 2.75) is 125 Å². The third-order valence-corrected chi connectivity index (χ3v) is 9.48. The maximum absolute atomic E-state index is 14.7. The fourth-order valence-corrected chi connectivity index (χ4v) is 6.85. The molecule has 1 aliphatic heterocycles. The molecule has 1 atom stereocenters. The molecule has 7 heteroatoms. The second-order valence-electron chi connectivity index (χ2n) is 15.9. The Hall–Kier alpha value is -3.48. The van der Waals surface area contributed by atoms with Gasteiger partial charge in [-0.05, 0) is 106 Å². The van der Waals surface area contributed by atoms with E-state index in [2.05, 4.69) is 51.8 Å². The normalized spacial score (nSPS) is 21.0. The lowest BCUT2D eigenvalue weighted by Gasteiger charge is -2.47. The molecule has 2 aromatic rings. The molecule has 2 aliphatic rings. The van der Waals surface area contributed by atoms with Crippen LogP contribution >= 0.6 is 0 Å². The standard InChI is InChI=1S/C39H55N3O4/c1-26(2)46-32-12-10-11-30(25-32)34-36(45)42(39(41-34)22-17-31(18-23-39)38(7,8)9)33(19-21-37(4,5)6)28-13-15-29(16-14-28)35(44)40-24-20-27(3)43/h10-16,25-26,31,33H,17-24H2,1-9H3,(H,40,44)/t31?,33-,39?/m1/s1. The number of carbonyl (C=O) groups excluding carboxylic acids is 3. The van der Waals surface area contributed by atoms with E-state index in [1.807, 2.05) is 62.4 Å². The molecule has 250 valence electrons. The number of hydrogen-bond donors (Lipinski definition) is 1. The van der Waals surface area contributed by atoms with Crippen LogP contribution in [0.1, 0.15) is 135 Å². The number of rotatable bonds is 11. The Labute approximate surface area is 276 Å². The van der Waals surface area contributed by atoms with Crippen LogP contribution < -0.4 is 10.1 Å². The van der Waals surface area contributed by atoms with E-state index in [1.54, 1.807) is 0 Å². The summed E-state index contributed by atoms with van der Waals surface area (Å²) in [6.45, 7) is 19.5. The minimum Gasteiger partial charge on any atom is -0.491 e. The average molecular weight is 630 g/mol. The predicted molar refractivity (Wildman–Crippen MR) is 185 cm³/mol. The molecule has 1 N–H and O–H groups in total. The zero-order chi connectivity index (χ0) is 33.9. The topological polar surface area (TPSA) is 88.1 Å². The van der Waals surface area contributed by atoms with Crippen LogP contribution in [0.3, 0.4) is 0 Å². The molecule has 2 amide bonds. The number of carbonyl (C=O) groups is 3. The van der Waals surface area contributed by atoms with Crippen molar-refractivity contribution >= 4 is 23.3 Å². The summed E-state index contributed by atoms with van der Waals surface area (Å²) in [5, 5.41) is 2.84. The van der Waals surface area contributed by atoms with Gasteiger partial charge in [0.2, 0.25) is 0 Å². The van der Waals surface area contributed by atoms with Crippen LogP contribution in [0.2, 0.25) is 0 Å². The van der Waals surface area contributed by atoms with Crippen LogP contribution in [0.25, 0.3) is 0 Å². The van der Waals surface area contributed by atoms with E-state index in [1.165, 1.54) is 6.92 Å². The number of nitrogens with one attached hydrogen (secondary N) is 1. The van der Waals surface area contributed by atoms with Crippen molar-refractivity contribution in [2.75, 3.05) is 6.54 Å². The van der Waals surface area contributed by atoms with Crippen LogP contribution in [0.4, 0.5) is 0 Å². The van der Waals surface area contributed by atoms with Crippen LogP contribution in [-0.2, 0) is 9.59 Å². The van der Waals surface area contributed by atoms with Gasteiger partial charge in [0.25, 0.3) is 11.8 Å². The molecule has 1 aliphatic carbocycles. The van der Waals surface area contributed by atoms with Crippen molar-refractivity contribution in [2.24, 2.45) is 21.7 Å². The van der Waals surface area contributed by atoms with Crippen molar-refractivity contribution < 1.29 is 19.1 Å². The van der Waals surface area contributed by atoms with Gasteiger partial charge in [0.05, 0.1) is 12.1 Å². The number of ketones is 1. The molecule has 1 saturated carbocycles. The van der Waals surface area contributed by atoms with Gasteiger partial charge in [-0.25, -0.2) is 0 Å². The van der Waals surface area contributed by atoms with Crippen molar-refractivity contribution in [3.63, 3.8) is 0 Å². The molecular formula is C39H55N3O4. The average Bonchev–Trinajstić information content (AvgIpc) is 3.23. The number of ether oxygens (including phenoxy) is 1. The first-order chi connectivity index (χ1) is 21.5. The van der Waals surface area contributed by atoms with E-state index in [4.69, 9.17) is 9.73 Å². The lowest BCUT2D eigenvalue weighted by Crippen LogP contribution is -2.51.